The van der Waals surface area contributed by atoms with Crippen LogP contribution in [0.1, 0.15) is 12.5 Å². The molecular weight excluding hydrogens is 325 g/mol. The van der Waals surface area contributed by atoms with Crippen molar-refractivity contribution >= 4 is 11.8 Å². The monoisotopic (exact) mass is 351 g/mol. The number of carbonyl (C=O) groups excluding carboxylic acids is 2. The van der Waals surface area contributed by atoms with E-state index in [0.717, 1.165) is 32.8 Å². The number of halogens is 1. The van der Waals surface area contributed by atoms with Crippen molar-refractivity contribution in [2.24, 2.45) is 0 Å². The third-order valence-electron chi connectivity index (χ3n) is 4.19. The molecule has 2 rings (SSSR count). The standard InChI is InChI=1S/C18H26FN3O3/c1-15(23)22(8-7-21-9-11-25-12-10-21)6-5-20-18(24)14-16-3-2-4-17(19)13-16/h2-4,13H,5-12,14H2,1H3,(H,20,24). The van der Waals surface area contributed by atoms with Crippen molar-refractivity contribution in [1.82, 2.24) is 15.1 Å². The molecule has 1 N–H and O–H groups in total. The average molecular weight is 351 g/mol. The topological polar surface area (TPSA) is 61.9 Å². The molecule has 1 aromatic rings. The van der Waals surface area contributed by atoms with E-state index in [0.29, 0.717) is 25.2 Å². The minimum atomic E-state index is -0.351. The van der Waals surface area contributed by atoms with Crippen LogP contribution in [0.15, 0.2) is 24.3 Å². The van der Waals surface area contributed by atoms with Gasteiger partial charge in [0.1, 0.15) is 5.82 Å². The summed E-state index contributed by atoms with van der Waals surface area (Å²) in [5.41, 5.74) is 0.633. The van der Waals surface area contributed by atoms with Crippen LogP contribution in [-0.4, -0.2) is 74.1 Å². The van der Waals surface area contributed by atoms with Crippen LogP contribution in [0.25, 0.3) is 0 Å². The summed E-state index contributed by atoms with van der Waals surface area (Å²) in [7, 11) is 0. The highest BCUT2D eigenvalue weighted by molar-refractivity contribution is 5.78. The number of ether oxygens (including phenoxy) is 1. The Hall–Kier alpha value is -1.99. The predicted molar refractivity (Wildman–Crippen MR) is 92.6 cm³/mol. The molecule has 1 aliphatic heterocycles. The summed E-state index contributed by atoms with van der Waals surface area (Å²) < 4.78 is 18.4. The average Bonchev–Trinajstić information content (AvgIpc) is 2.58. The molecule has 0 atom stereocenters. The van der Waals surface area contributed by atoms with Gasteiger partial charge in [-0.15, -0.1) is 0 Å². The van der Waals surface area contributed by atoms with Crippen LogP contribution in [0, 0.1) is 5.82 Å². The van der Waals surface area contributed by atoms with E-state index >= 15 is 0 Å². The largest absolute Gasteiger partial charge is 0.379 e. The second-order valence-corrected chi connectivity index (χ2v) is 6.12. The first-order chi connectivity index (χ1) is 12.0. The van der Waals surface area contributed by atoms with E-state index in [1.54, 1.807) is 17.0 Å². The van der Waals surface area contributed by atoms with Gasteiger partial charge >= 0.3 is 0 Å². The number of rotatable bonds is 8. The summed E-state index contributed by atoms with van der Waals surface area (Å²) in [5.74, 6) is -0.536. The molecule has 0 saturated carbocycles. The highest BCUT2D eigenvalue weighted by Crippen LogP contribution is 2.04. The fourth-order valence-corrected chi connectivity index (χ4v) is 2.74. The molecule has 1 aromatic carbocycles. The van der Waals surface area contributed by atoms with Crippen molar-refractivity contribution in [3.05, 3.63) is 35.6 Å². The second-order valence-electron chi connectivity index (χ2n) is 6.12. The zero-order valence-electron chi connectivity index (χ0n) is 14.7. The lowest BCUT2D eigenvalue weighted by Crippen LogP contribution is -2.44. The Morgan fingerprint density at radius 2 is 2.04 bits per heavy atom. The first kappa shape index (κ1) is 19.3. The minimum absolute atomic E-state index is 0.00682. The third-order valence-corrected chi connectivity index (χ3v) is 4.19. The van der Waals surface area contributed by atoms with E-state index in [1.807, 2.05) is 0 Å². The molecule has 0 unspecified atom stereocenters. The van der Waals surface area contributed by atoms with E-state index in [1.165, 1.54) is 19.1 Å². The van der Waals surface area contributed by atoms with Gasteiger partial charge in [0.25, 0.3) is 0 Å². The van der Waals surface area contributed by atoms with Crippen LogP contribution in [0.3, 0.4) is 0 Å². The van der Waals surface area contributed by atoms with Crippen LogP contribution in [0.2, 0.25) is 0 Å². The normalized spacial score (nSPS) is 15.0. The maximum Gasteiger partial charge on any atom is 0.224 e. The van der Waals surface area contributed by atoms with Crippen molar-refractivity contribution in [3.8, 4) is 0 Å². The smallest absolute Gasteiger partial charge is 0.224 e. The number of hydrogen-bond acceptors (Lipinski definition) is 4. The van der Waals surface area contributed by atoms with Crippen LogP contribution in [0.4, 0.5) is 4.39 Å². The SMILES string of the molecule is CC(=O)N(CCNC(=O)Cc1cccc(F)c1)CCN1CCOCC1. The fraction of sp³-hybridized carbons (Fsp3) is 0.556. The Morgan fingerprint density at radius 3 is 2.72 bits per heavy atom. The lowest BCUT2D eigenvalue weighted by Gasteiger charge is -2.29. The zero-order chi connectivity index (χ0) is 18.1. The Bertz CT molecular complexity index is 576. The highest BCUT2D eigenvalue weighted by Gasteiger charge is 2.14. The lowest BCUT2D eigenvalue weighted by molar-refractivity contribution is -0.129. The number of morpholine rings is 1. The molecule has 0 spiro atoms. The number of nitrogens with zero attached hydrogens (tertiary/aromatic N) is 2. The maximum absolute atomic E-state index is 13.1. The molecule has 6 nitrogen and oxygen atoms in total. The summed E-state index contributed by atoms with van der Waals surface area (Å²) in [6.45, 7) is 7.06. The molecule has 0 aromatic heterocycles. The van der Waals surface area contributed by atoms with Gasteiger partial charge in [0.05, 0.1) is 19.6 Å². The number of hydrogen-bond donors (Lipinski definition) is 1. The van der Waals surface area contributed by atoms with Gasteiger partial charge in [-0.25, -0.2) is 4.39 Å². The lowest BCUT2D eigenvalue weighted by atomic mass is 10.1. The predicted octanol–water partition coefficient (Wildman–Crippen LogP) is 0.665. The van der Waals surface area contributed by atoms with Gasteiger partial charge in [-0.3, -0.25) is 14.5 Å². The van der Waals surface area contributed by atoms with Gasteiger partial charge in [-0.1, -0.05) is 12.1 Å². The molecule has 25 heavy (non-hydrogen) atoms. The molecule has 0 bridgehead atoms. The number of amides is 2. The summed E-state index contributed by atoms with van der Waals surface area (Å²) in [4.78, 5) is 27.7. The van der Waals surface area contributed by atoms with Crippen LogP contribution in [-0.2, 0) is 20.7 Å². The molecular formula is C18H26FN3O3. The molecule has 7 heteroatoms. The quantitative estimate of drug-likeness (QED) is 0.748. The van der Waals surface area contributed by atoms with E-state index in [4.69, 9.17) is 4.74 Å². The van der Waals surface area contributed by atoms with Gasteiger partial charge in [0, 0.05) is 46.2 Å². The van der Waals surface area contributed by atoms with Gasteiger partial charge in [-0.2, -0.15) is 0 Å². The summed E-state index contributed by atoms with van der Waals surface area (Å²) in [6, 6.07) is 6.00. The number of benzene rings is 1. The Balaban J connectivity index is 1.69. The minimum Gasteiger partial charge on any atom is -0.379 e. The first-order valence-corrected chi connectivity index (χ1v) is 8.61. The van der Waals surface area contributed by atoms with Gasteiger partial charge in [0.15, 0.2) is 0 Å². The first-order valence-electron chi connectivity index (χ1n) is 8.61. The van der Waals surface area contributed by atoms with Gasteiger partial charge in [0.2, 0.25) is 11.8 Å². The Labute approximate surface area is 147 Å². The molecule has 1 saturated heterocycles. The summed E-state index contributed by atoms with van der Waals surface area (Å²) in [5, 5.41) is 2.79. The summed E-state index contributed by atoms with van der Waals surface area (Å²) >= 11 is 0. The van der Waals surface area contributed by atoms with E-state index in [2.05, 4.69) is 10.2 Å². The molecule has 1 fully saturated rings. The van der Waals surface area contributed by atoms with Gasteiger partial charge < -0.3 is 15.0 Å². The molecule has 0 aliphatic carbocycles. The third kappa shape index (κ3) is 7.19. The van der Waals surface area contributed by atoms with Crippen LogP contribution >= 0.6 is 0 Å². The maximum atomic E-state index is 13.1. The highest BCUT2D eigenvalue weighted by atomic mass is 19.1. The molecule has 1 aliphatic rings. The number of nitrogens with one attached hydrogen (secondary N) is 1. The Morgan fingerprint density at radius 1 is 1.28 bits per heavy atom. The van der Waals surface area contributed by atoms with Crippen LogP contribution in [0.5, 0.6) is 0 Å². The molecule has 138 valence electrons. The summed E-state index contributed by atoms with van der Waals surface area (Å²) in [6.07, 6.45) is 0.131. The van der Waals surface area contributed by atoms with Gasteiger partial charge in [-0.05, 0) is 17.7 Å². The van der Waals surface area contributed by atoms with Crippen molar-refractivity contribution in [1.29, 1.82) is 0 Å². The van der Waals surface area contributed by atoms with Crippen molar-refractivity contribution in [3.63, 3.8) is 0 Å². The van der Waals surface area contributed by atoms with E-state index in [-0.39, 0.29) is 24.1 Å². The second kappa shape index (κ2) is 10.1. The molecule has 0 radical (unpaired) electrons. The Kier molecular flexibility index (Phi) is 7.81. The van der Waals surface area contributed by atoms with E-state index in [9.17, 15) is 14.0 Å². The van der Waals surface area contributed by atoms with Crippen molar-refractivity contribution in [2.45, 2.75) is 13.3 Å². The molecule has 2 amide bonds. The van der Waals surface area contributed by atoms with Crippen molar-refractivity contribution < 1.29 is 18.7 Å². The number of carbonyl (C=O) groups is 2. The van der Waals surface area contributed by atoms with E-state index < -0.39 is 0 Å². The van der Waals surface area contributed by atoms with Crippen molar-refractivity contribution in [2.75, 3.05) is 52.5 Å². The molecule has 1 heterocycles. The zero-order valence-corrected chi connectivity index (χ0v) is 14.7. The van der Waals surface area contributed by atoms with Crippen LogP contribution < -0.4 is 5.32 Å². The fourth-order valence-electron chi connectivity index (χ4n) is 2.74.